The lowest BCUT2D eigenvalue weighted by Gasteiger charge is -2.24. The lowest BCUT2D eigenvalue weighted by molar-refractivity contribution is -0.120. The Balaban J connectivity index is 1.50. The molecule has 0 N–H and O–H groups in total. The summed E-state index contributed by atoms with van der Waals surface area (Å²) < 4.78 is 5.65. The molecule has 0 aromatic heterocycles. The van der Waals surface area contributed by atoms with Crippen LogP contribution in [0.2, 0.25) is 0 Å². The number of Topliss-reactive ketones (excluding diaryl/α,β-unsaturated/α-hetero) is 1. The van der Waals surface area contributed by atoms with Crippen molar-refractivity contribution in [2.45, 2.75) is 38.3 Å². The quantitative estimate of drug-likeness (QED) is 0.801. The van der Waals surface area contributed by atoms with Crippen LogP contribution in [0, 0.1) is 0 Å². The number of carbonyl (C=O) groups is 3. The first-order valence-electron chi connectivity index (χ1n) is 10.0. The van der Waals surface area contributed by atoms with Gasteiger partial charge in [-0.2, -0.15) is 0 Å². The van der Waals surface area contributed by atoms with Gasteiger partial charge in [-0.15, -0.1) is 0 Å². The summed E-state index contributed by atoms with van der Waals surface area (Å²) in [6, 6.07) is 15.5. The second-order valence-corrected chi connectivity index (χ2v) is 7.49. The number of likely N-dealkylation sites (tertiary alicyclic amines) is 2. The van der Waals surface area contributed by atoms with E-state index in [1.807, 2.05) is 24.3 Å². The Morgan fingerprint density at radius 2 is 1.76 bits per heavy atom. The molecule has 0 spiro atoms. The zero-order valence-electron chi connectivity index (χ0n) is 16.4. The maximum atomic E-state index is 12.9. The van der Waals surface area contributed by atoms with E-state index >= 15 is 0 Å². The highest BCUT2D eigenvalue weighted by molar-refractivity contribution is 6.02. The summed E-state index contributed by atoms with van der Waals surface area (Å²) in [5, 5.41) is 0. The lowest BCUT2D eigenvalue weighted by atomic mass is 10.1. The van der Waals surface area contributed by atoms with Gasteiger partial charge in [-0.3, -0.25) is 14.5 Å². The molecule has 4 rings (SSSR count). The van der Waals surface area contributed by atoms with Crippen molar-refractivity contribution in [2.24, 2.45) is 0 Å². The van der Waals surface area contributed by atoms with E-state index in [1.165, 1.54) is 4.90 Å². The number of fused-ring (bicyclic) bond motifs is 1. The van der Waals surface area contributed by atoms with Gasteiger partial charge in [0.05, 0.1) is 12.6 Å². The van der Waals surface area contributed by atoms with E-state index < -0.39 is 12.1 Å². The van der Waals surface area contributed by atoms with Crippen LogP contribution < -0.4 is 4.74 Å². The van der Waals surface area contributed by atoms with Crippen LogP contribution in [-0.2, 0) is 11.2 Å². The van der Waals surface area contributed by atoms with Crippen LogP contribution in [0.5, 0.6) is 5.75 Å². The molecule has 0 bridgehead atoms. The molecule has 0 aliphatic carbocycles. The number of para-hydroxylation sites is 1. The first-order valence-corrected chi connectivity index (χ1v) is 10.0. The SMILES string of the molecule is CCCc1ccccc1OC(=O)N1CCC2C1C(=O)CN2C(=O)c1ccccc1. The molecule has 0 radical (unpaired) electrons. The maximum Gasteiger partial charge on any atom is 0.415 e. The normalized spacial score (nSPS) is 20.7. The number of ether oxygens (including phenoxy) is 1. The number of nitrogens with zero attached hydrogens (tertiary/aromatic N) is 2. The zero-order valence-corrected chi connectivity index (χ0v) is 16.4. The van der Waals surface area contributed by atoms with Crippen molar-refractivity contribution in [1.82, 2.24) is 9.80 Å². The average molecular weight is 392 g/mol. The van der Waals surface area contributed by atoms with Crippen LogP contribution in [0.4, 0.5) is 4.79 Å². The smallest absolute Gasteiger partial charge is 0.410 e. The molecule has 2 saturated heterocycles. The Bertz CT molecular complexity index is 927. The van der Waals surface area contributed by atoms with Crippen LogP contribution in [0.1, 0.15) is 35.7 Å². The molecule has 29 heavy (non-hydrogen) atoms. The Morgan fingerprint density at radius 3 is 2.52 bits per heavy atom. The molecule has 6 heteroatoms. The summed E-state index contributed by atoms with van der Waals surface area (Å²) in [4.78, 5) is 41.5. The van der Waals surface area contributed by atoms with E-state index in [0.29, 0.717) is 24.3 Å². The molecule has 2 unspecified atom stereocenters. The summed E-state index contributed by atoms with van der Waals surface area (Å²) in [5.41, 5.74) is 1.52. The van der Waals surface area contributed by atoms with E-state index in [9.17, 15) is 14.4 Å². The molecule has 0 saturated carbocycles. The number of aryl methyl sites for hydroxylation is 1. The van der Waals surface area contributed by atoms with Gasteiger partial charge < -0.3 is 9.64 Å². The predicted molar refractivity (Wildman–Crippen MR) is 108 cm³/mol. The third kappa shape index (κ3) is 3.62. The van der Waals surface area contributed by atoms with Gasteiger partial charge in [0.1, 0.15) is 11.8 Å². The van der Waals surface area contributed by atoms with Crippen molar-refractivity contribution in [1.29, 1.82) is 0 Å². The van der Waals surface area contributed by atoms with Gasteiger partial charge in [-0.1, -0.05) is 49.7 Å². The van der Waals surface area contributed by atoms with Crippen LogP contribution in [0.15, 0.2) is 54.6 Å². The number of benzene rings is 2. The highest BCUT2D eigenvalue weighted by Gasteiger charge is 2.52. The monoisotopic (exact) mass is 392 g/mol. The van der Waals surface area contributed by atoms with Gasteiger partial charge in [-0.25, -0.2) is 4.79 Å². The minimum atomic E-state index is -0.631. The van der Waals surface area contributed by atoms with Gasteiger partial charge in [0.2, 0.25) is 0 Å². The fraction of sp³-hybridized carbons (Fsp3) is 0.348. The number of amides is 2. The van der Waals surface area contributed by atoms with Crippen molar-refractivity contribution in [3.05, 3.63) is 65.7 Å². The Morgan fingerprint density at radius 1 is 1.03 bits per heavy atom. The van der Waals surface area contributed by atoms with Gasteiger partial charge in [0.15, 0.2) is 5.78 Å². The summed E-state index contributed by atoms with van der Waals surface area (Å²) in [6.45, 7) is 2.49. The van der Waals surface area contributed by atoms with Crippen LogP contribution in [0.3, 0.4) is 0 Å². The first-order chi connectivity index (χ1) is 14.1. The molecule has 2 aromatic rings. The topological polar surface area (TPSA) is 66.9 Å². The number of rotatable bonds is 4. The maximum absolute atomic E-state index is 12.9. The minimum absolute atomic E-state index is 0.0270. The first kappa shape index (κ1) is 19.2. The summed E-state index contributed by atoms with van der Waals surface area (Å²) in [6.07, 6.45) is 1.80. The fourth-order valence-corrected chi connectivity index (χ4v) is 4.28. The van der Waals surface area contributed by atoms with Crippen LogP contribution >= 0.6 is 0 Å². The molecular weight excluding hydrogens is 368 g/mol. The lowest BCUT2D eigenvalue weighted by Crippen LogP contribution is -2.44. The summed E-state index contributed by atoms with van der Waals surface area (Å²) >= 11 is 0. The van der Waals surface area contributed by atoms with Gasteiger partial charge >= 0.3 is 6.09 Å². The van der Waals surface area contributed by atoms with Crippen LogP contribution in [-0.4, -0.2) is 52.8 Å². The van der Waals surface area contributed by atoms with Gasteiger partial charge in [-0.05, 0) is 36.6 Å². The highest BCUT2D eigenvalue weighted by atomic mass is 16.6. The summed E-state index contributed by atoms with van der Waals surface area (Å²) in [5.74, 6) is 0.246. The van der Waals surface area contributed by atoms with E-state index in [4.69, 9.17) is 4.74 Å². The van der Waals surface area contributed by atoms with Gasteiger partial charge in [0, 0.05) is 12.1 Å². The Hall–Kier alpha value is -3.15. The zero-order chi connectivity index (χ0) is 20.4. The molecule has 150 valence electrons. The Labute approximate surface area is 170 Å². The van der Waals surface area contributed by atoms with E-state index in [2.05, 4.69) is 6.92 Å². The molecule has 2 aromatic carbocycles. The summed E-state index contributed by atoms with van der Waals surface area (Å²) in [7, 11) is 0. The largest absolute Gasteiger partial charge is 0.415 e. The van der Waals surface area contributed by atoms with Crippen molar-refractivity contribution >= 4 is 17.8 Å². The number of hydrogen-bond donors (Lipinski definition) is 0. The predicted octanol–water partition coefficient (Wildman–Crippen LogP) is 3.31. The highest BCUT2D eigenvalue weighted by Crippen LogP contribution is 2.32. The molecule has 6 nitrogen and oxygen atoms in total. The van der Waals surface area contributed by atoms with Crippen molar-refractivity contribution in [2.75, 3.05) is 13.1 Å². The van der Waals surface area contributed by atoms with Crippen molar-refractivity contribution in [3.8, 4) is 5.75 Å². The third-order valence-electron chi connectivity index (χ3n) is 5.63. The molecular formula is C23H24N2O4. The minimum Gasteiger partial charge on any atom is -0.410 e. The number of hydrogen-bond acceptors (Lipinski definition) is 4. The molecule has 2 amide bonds. The molecule has 2 aliphatic rings. The van der Waals surface area contributed by atoms with Crippen molar-refractivity contribution < 1.29 is 19.1 Å². The molecule has 2 heterocycles. The van der Waals surface area contributed by atoms with E-state index in [-0.39, 0.29) is 24.3 Å². The Kier molecular flexibility index (Phi) is 5.34. The average Bonchev–Trinajstić information content (AvgIpc) is 3.31. The second kappa shape index (κ2) is 8.07. The molecule has 2 aliphatic heterocycles. The number of carbonyl (C=O) groups excluding carboxylic acids is 3. The number of ketones is 1. The molecule has 2 fully saturated rings. The molecule has 2 atom stereocenters. The second-order valence-electron chi connectivity index (χ2n) is 7.49. The van der Waals surface area contributed by atoms with Gasteiger partial charge in [0.25, 0.3) is 5.91 Å². The standard InChI is InChI=1S/C23H24N2O4/c1-2-8-16-9-6-7-12-20(16)29-23(28)24-14-13-18-21(24)19(26)15-25(18)22(27)17-10-4-3-5-11-17/h3-7,9-12,18,21H,2,8,13-15H2,1H3. The van der Waals surface area contributed by atoms with Crippen molar-refractivity contribution in [3.63, 3.8) is 0 Å². The van der Waals surface area contributed by atoms with E-state index in [1.54, 1.807) is 35.2 Å². The third-order valence-corrected chi connectivity index (χ3v) is 5.63. The van der Waals surface area contributed by atoms with E-state index in [0.717, 1.165) is 18.4 Å². The fourth-order valence-electron chi connectivity index (χ4n) is 4.28. The van der Waals surface area contributed by atoms with Crippen LogP contribution in [0.25, 0.3) is 0 Å².